The highest BCUT2D eigenvalue weighted by atomic mass is 35.5. The molecule has 4 aromatic rings. The van der Waals surface area contributed by atoms with Crippen molar-refractivity contribution < 1.29 is 27.6 Å². The summed E-state index contributed by atoms with van der Waals surface area (Å²) in [4.78, 5) is 12.7. The zero-order valence-electron chi connectivity index (χ0n) is 19.4. The van der Waals surface area contributed by atoms with Crippen molar-refractivity contribution in [3.63, 3.8) is 0 Å². The summed E-state index contributed by atoms with van der Waals surface area (Å²) < 4.78 is 37.8. The number of rotatable bonds is 6. The molecule has 0 fully saturated rings. The van der Waals surface area contributed by atoms with Gasteiger partial charge >= 0.3 is 0 Å². The Balaban J connectivity index is 1.82. The van der Waals surface area contributed by atoms with E-state index < -0.39 is 26.7 Å². The Morgan fingerprint density at radius 3 is 2.46 bits per heavy atom. The minimum Gasteiger partial charge on any atom is -0.505 e. The van der Waals surface area contributed by atoms with Crippen molar-refractivity contribution in [3.05, 3.63) is 81.8 Å². The lowest BCUT2D eigenvalue weighted by Gasteiger charge is -2.13. The van der Waals surface area contributed by atoms with E-state index in [1.807, 2.05) is 0 Å². The lowest BCUT2D eigenvalue weighted by atomic mass is 10.0. The summed E-state index contributed by atoms with van der Waals surface area (Å²) in [6.45, 7) is 1.54. The number of carbonyl (C=O) groups excluding carboxylic acids is 1. The summed E-state index contributed by atoms with van der Waals surface area (Å²) in [5.41, 5.74) is 0.386. The van der Waals surface area contributed by atoms with Crippen molar-refractivity contribution in [2.45, 2.75) is 11.8 Å². The SMILES string of the molecule is COc1ccc(Cl)c(NC(=O)c2cc3ccccc3c(N=Nc3cc(S(=O)(=O)O)cc(C)c3Cl)c2O)c1. The third-order valence-corrected chi connectivity index (χ3v) is 7.08. The van der Waals surface area contributed by atoms with Crippen molar-refractivity contribution in [3.8, 4) is 11.5 Å². The molecule has 9 nitrogen and oxygen atoms in total. The van der Waals surface area contributed by atoms with Crippen LogP contribution in [0.1, 0.15) is 15.9 Å². The predicted molar refractivity (Wildman–Crippen MR) is 142 cm³/mol. The number of hydrogen-bond acceptors (Lipinski definition) is 7. The van der Waals surface area contributed by atoms with Gasteiger partial charge in [0, 0.05) is 11.5 Å². The van der Waals surface area contributed by atoms with Crippen LogP contribution in [0, 0.1) is 6.92 Å². The topological polar surface area (TPSA) is 138 Å². The number of aryl methyl sites for hydroxylation is 1. The maximum absolute atomic E-state index is 13.2. The molecule has 0 radical (unpaired) electrons. The Labute approximate surface area is 222 Å². The van der Waals surface area contributed by atoms with Crippen LogP contribution in [0.15, 0.2) is 75.8 Å². The smallest absolute Gasteiger partial charge is 0.294 e. The van der Waals surface area contributed by atoms with Crippen LogP contribution in [0.25, 0.3) is 10.8 Å². The number of phenols is 1. The van der Waals surface area contributed by atoms with Crippen molar-refractivity contribution in [2.24, 2.45) is 10.2 Å². The van der Waals surface area contributed by atoms with Crippen LogP contribution in [0.2, 0.25) is 10.0 Å². The maximum Gasteiger partial charge on any atom is 0.294 e. The Morgan fingerprint density at radius 1 is 1.03 bits per heavy atom. The van der Waals surface area contributed by atoms with Gasteiger partial charge in [0.1, 0.15) is 17.1 Å². The summed E-state index contributed by atoms with van der Waals surface area (Å²) in [5, 5.41) is 23.2. The monoisotopic (exact) mass is 559 g/mol. The molecule has 0 aliphatic rings. The number of fused-ring (bicyclic) bond motifs is 1. The van der Waals surface area contributed by atoms with Crippen LogP contribution in [0.5, 0.6) is 11.5 Å². The van der Waals surface area contributed by atoms with Gasteiger partial charge in [0.2, 0.25) is 0 Å². The number of azo groups is 1. The molecule has 37 heavy (non-hydrogen) atoms. The standard InChI is InChI=1S/C25H19Cl2N3O6S/c1-13-9-16(37(33,34)35)12-21(22(13)27)29-30-23-17-6-4-3-5-14(17)10-18(24(23)31)25(32)28-20-11-15(36-2)7-8-19(20)26/h3-12,31H,1-2H3,(H,28,32)(H,33,34,35). The average Bonchev–Trinajstić information content (AvgIpc) is 2.86. The Morgan fingerprint density at radius 2 is 1.76 bits per heavy atom. The fourth-order valence-corrected chi connectivity index (χ4v) is 4.45. The van der Waals surface area contributed by atoms with E-state index >= 15 is 0 Å². The molecule has 0 atom stereocenters. The number of amides is 1. The van der Waals surface area contributed by atoms with Gasteiger partial charge in [-0.3, -0.25) is 9.35 Å². The zero-order chi connectivity index (χ0) is 26.9. The highest BCUT2D eigenvalue weighted by molar-refractivity contribution is 7.85. The second-order valence-corrected chi connectivity index (χ2v) is 10.1. The number of halogens is 2. The Kier molecular flexibility index (Phi) is 7.37. The van der Waals surface area contributed by atoms with Crippen LogP contribution in [-0.4, -0.2) is 31.1 Å². The quantitative estimate of drug-likeness (QED) is 0.170. The fraction of sp³-hybridized carbons (Fsp3) is 0.0800. The molecule has 0 saturated carbocycles. The highest BCUT2D eigenvalue weighted by Crippen LogP contribution is 2.41. The molecular weight excluding hydrogens is 541 g/mol. The molecule has 3 N–H and O–H groups in total. The van der Waals surface area contributed by atoms with Gasteiger partial charge in [-0.1, -0.05) is 47.5 Å². The fourth-order valence-electron chi connectivity index (χ4n) is 3.55. The number of nitrogens with zero attached hydrogens (tertiary/aromatic N) is 2. The summed E-state index contributed by atoms with van der Waals surface area (Å²) in [5.74, 6) is -0.675. The van der Waals surface area contributed by atoms with Gasteiger partial charge in [-0.25, -0.2) is 0 Å². The summed E-state index contributed by atoms with van der Waals surface area (Å²) >= 11 is 12.5. The number of anilines is 1. The lowest BCUT2D eigenvalue weighted by Crippen LogP contribution is -2.12. The Hall–Kier alpha value is -3.70. The Bertz CT molecular complexity index is 1690. The first-order valence-electron chi connectivity index (χ1n) is 10.6. The minimum absolute atomic E-state index is 0.0500. The van der Waals surface area contributed by atoms with E-state index in [1.54, 1.807) is 36.4 Å². The minimum atomic E-state index is -4.53. The number of methoxy groups -OCH3 is 1. The van der Waals surface area contributed by atoms with Crippen LogP contribution >= 0.6 is 23.2 Å². The van der Waals surface area contributed by atoms with Crippen LogP contribution in [0.3, 0.4) is 0 Å². The normalized spacial score (nSPS) is 11.7. The van der Waals surface area contributed by atoms with Gasteiger partial charge in [-0.2, -0.15) is 8.42 Å². The zero-order valence-corrected chi connectivity index (χ0v) is 21.7. The molecular formula is C25H19Cl2N3O6S. The lowest BCUT2D eigenvalue weighted by molar-refractivity contribution is 0.102. The molecule has 4 aromatic carbocycles. The van der Waals surface area contributed by atoms with E-state index in [0.29, 0.717) is 22.1 Å². The van der Waals surface area contributed by atoms with Gasteiger partial charge in [-0.15, -0.1) is 10.2 Å². The third kappa shape index (κ3) is 5.52. The van der Waals surface area contributed by atoms with E-state index in [0.717, 1.165) is 6.07 Å². The van der Waals surface area contributed by atoms with Crippen LogP contribution in [0.4, 0.5) is 17.1 Å². The van der Waals surface area contributed by atoms with Crippen molar-refractivity contribution in [1.82, 2.24) is 0 Å². The molecule has 0 aliphatic heterocycles. The predicted octanol–water partition coefficient (Wildman–Crippen LogP) is 7.08. The molecule has 0 saturated heterocycles. The second-order valence-electron chi connectivity index (χ2n) is 7.89. The van der Waals surface area contributed by atoms with Crippen LogP contribution in [-0.2, 0) is 10.1 Å². The molecule has 0 bridgehead atoms. The third-order valence-electron chi connectivity index (χ3n) is 5.43. The molecule has 1 amide bonds. The number of carbonyl (C=O) groups is 1. The van der Waals surface area contributed by atoms with Crippen molar-refractivity contribution >= 4 is 67.1 Å². The number of aromatic hydroxyl groups is 1. The molecule has 0 unspecified atom stereocenters. The van der Waals surface area contributed by atoms with Gasteiger partial charge < -0.3 is 15.2 Å². The molecule has 4 rings (SSSR count). The summed E-state index contributed by atoms with van der Waals surface area (Å²) in [6.07, 6.45) is 0. The second kappa shape index (κ2) is 10.3. The summed E-state index contributed by atoms with van der Waals surface area (Å²) in [7, 11) is -3.06. The average molecular weight is 560 g/mol. The van der Waals surface area contributed by atoms with E-state index in [-0.39, 0.29) is 32.7 Å². The highest BCUT2D eigenvalue weighted by Gasteiger charge is 2.20. The van der Waals surface area contributed by atoms with Gasteiger partial charge in [0.25, 0.3) is 16.0 Å². The molecule has 0 heterocycles. The number of benzene rings is 4. The molecule has 0 aromatic heterocycles. The van der Waals surface area contributed by atoms with Crippen molar-refractivity contribution in [1.29, 1.82) is 0 Å². The molecule has 190 valence electrons. The molecule has 0 spiro atoms. The number of ether oxygens (including phenoxy) is 1. The van der Waals surface area contributed by atoms with E-state index in [9.17, 15) is 22.9 Å². The molecule has 12 heteroatoms. The van der Waals surface area contributed by atoms with Gasteiger partial charge in [-0.05, 0) is 48.2 Å². The van der Waals surface area contributed by atoms with E-state index in [4.69, 9.17) is 27.9 Å². The summed E-state index contributed by atoms with van der Waals surface area (Å²) in [6, 6.07) is 15.3. The molecule has 0 aliphatic carbocycles. The van der Waals surface area contributed by atoms with Gasteiger partial charge in [0.15, 0.2) is 5.75 Å². The first kappa shape index (κ1) is 26.4. The van der Waals surface area contributed by atoms with Crippen LogP contribution < -0.4 is 10.1 Å². The number of hydrogen-bond donors (Lipinski definition) is 3. The first-order valence-corrected chi connectivity index (χ1v) is 12.8. The van der Waals surface area contributed by atoms with Crippen molar-refractivity contribution in [2.75, 3.05) is 12.4 Å². The van der Waals surface area contributed by atoms with E-state index in [2.05, 4.69) is 15.5 Å². The van der Waals surface area contributed by atoms with E-state index in [1.165, 1.54) is 32.2 Å². The van der Waals surface area contributed by atoms with Gasteiger partial charge in [0.05, 0.1) is 33.3 Å². The number of phenolic OH excluding ortho intramolecular Hbond substituents is 1. The maximum atomic E-state index is 13.2. The first-order chi connectivity index (χ1) is 17.5. The number of nitrogens with one attached hydrogen (secondary N) is 1. The largest absolute Gasteiger partial charge is 0.505 e.